The summed E-state index contributed by atoms with van der Waals surface area (Å²) >= 11 is 1.83. The van der Waals surface area contributed by atoms with Gasteiger partial charge in [0.1, 0.15) is 6.10 Å². The van der Waals surface area contributed by atoms with Gasteiger partial charge in [-0.05, 0) is 19.1 Å². The van der Waals surface area contributed by atoms with Crippen molar-refractivity contribution in [3.05, 3.63) is 0 Å². The lowest BCUT2D eigenvalue weighted by molar-refractivity contribution is -0.134. The second-order valence-electron chi connectivity index (χ2n) is 4.38. The summed E-state index contributed by atoms with van der Waals surface area (Å²) in [6, 6.07) is 0. The molecule has 18 heavy (non-hydrogen) atoms. The quantitative estimate of drug-likeness (QED) is 0.779. The highest BCUT2D eigenvalue weighted by molar-refractivity contribution is 8.00. The Morgan fingerprint density at radius 3 is 2.61 bits per heavy atom. The predicted octanol–water partition coefficient (Wildman–Crippen LogP) is 1.43. The van der Waals surface area contributed by atoms with Crippen LogP contribution in [0.2, 0.25) is 0 Å². The van der Waals surface area contributed by atoms with Crippen LogP contribution < -0.4 is 10.6 Å². The van der Waals surface area contributed by atoms with Crippen molar-refractivity contribution in [3.63, 3.8) is 0 Å². The number of morpholine rings is 1. The normalized spacial score (nSPS) is 20.1. The fraction of sp³-hybridized carbons (Fsp3) is 0.917. The van der Waals surface area contributed by atoms with E-state index in [1.807, 2.05) is 11.8 Å². The van der Waals surface area contributed by atoms with Crippen molar-refractivity contribution in [2.75, 3.05) is 32.5 Å². The lowest BCUT2D eigenvalue weighted by Gasteiger charge is -2.31. The van der Waals surface area contributed by atoms with Gasteiger partial charge < -0.3 is 15.4 Å². The summed E-state index contributed by atoms with van der Waals surface area (Å²) in [5, 5.41) is 6.19. The first-order valence-electron chi connectivity index (χ1n) is 6.32. The fourth-order valence-electron chi connectivity index (χ4n) is 1.96. The molecule has 4 nitrogen and oxygen atoms in total. The second-order valence-corrected chi connectivity index (χ2v) is 5.65. The van der Waals surface area contributed by atoms with E-state index in [1.165, 1.54) is 0 Å². The number of ether oxygens (including phenoxy) is 1. The van der Waals surface area contributed by atoms with Crippen LogP contribution in [-0.4, -0.2) is 49.3 Å². The minimum atomic E-state index is -0.322. The topological polar surface area (TPSA) is 50.4 Å². The molecular formula is C12H25ClN2O2S. The number of hydrogen-bond donors (Lipinski definition) is 2. The average molecular weight is 297 g/mol. The summed E-state index contributed by atoms with van der Waals surface area (Å²) in [6.07, 6.45) is 3.92. The van der Waals surface area contributed by atoms with Gasteiger partial charge in [-0.3, -0.25) is 4.79 Å². The Bertz CT molecular complexity index is 236. The summed E-state index contributed by atoms with van der Waals surface area (Å²) in [5.41, 5.74) is 0. The maximum absolute atomic E-state index is 11.9. The van der Waals surface area contributed by atoms with Crippen LogP contribution in [0.5, 0.6) is 0 Å². The van der Waals surface area contributed by atoms with Crippen molar-refractivity contribution < 1.29 is 9.53 Å². The van der Waals surface area contributed by atoms with Gasteiger partial charge in [0.15, 0.2) is 0 Å². The molecule has 0 aromatic carbocycles. The van der Waals surface area contributed by atoms with E-state index in [4.69, 9.17) is 4.74 Å². The first-order valence-corrected chi connectivity index (χ1v) is 7.55. The Morgan fingerprint density at radius 2 is 2.17 bits per heavy atom. The molecule has 0 radical (unpaired) electrons. The molecule has 1 atom stereocenters. The van der Waals surface area contributed by atoms with Crippen molar-refractivity contribution in [1.82, 2.24) is 10.6 Å². The molecule has 1 amide bonds. The van der Waals surface area contributed by atoms with Gasteiger partial charge in [0.25, 0.3) is 5.91 Å². The average Bonchev–Trinajstić information content (AvgIpc) is 2.41. The number of nitrogens with one attached hydrogen (secondary N) is 2. The minimum absolute atomic E-state index is 0. The van der Waals surface area contributed by atoms with Gasteiger partial charge in [-0.1, -0.05) is 13.8 Å². The van der Waals surface area contributed by atoms with Crippen LogP contribution in [0.15, 0.2) is 0 Å². The SMILES string of the molecule is CCC(CC)(CNC(=O)C1CNCCO1)SC.Cl. The summed E-state index contributed by atoms with van der Waals surface area (Å²) in [7, 11) is 0. The smallest absolute Gasteiger partial charge is 0.250 e. The number of amides is 1. The third kappa shape index (κ3) is 4.96. The van der Waals surface area contributed by atoms with Gasteiger partial charge in [-0.15, -0.1) is 12.4 Å². The van der Waals surface area contributed by atoms with Crippen LogP contribution in [0, 0.1) is 0 Å². The molecule has 1 heterocycles. The molecule has 1 fully saturated rings. The van der Waals surface area contributed by atoms with Crippen molar-refractivity contribution >= 4 is 30.1 Å². The molecule has 1 rings (SSSR count). The summed E-state index contributed by atoms with van der Waals surface area (Å²) < 4.78 is 5.59. The van der Waals surface area contributed by atoms with E-state index < -0.39 is 0 Å². The maximum atomic E-state index is 11.9. The summed E-state index contributed by atoms with van der Waals surface area (Å²) in [5.74, 6) is 0.0116. The van der Waals surface area contributed by atoms with E-state index in [0.29, 0.717) is 13.2 Å². The van der Waals surface area contributed by atoms with Crippen molar-refractivity contribution in [2.24, 2.45) is 0 Å². The van der Waals surface area contributed by atoms with Gasteiger partial charge in [-0.25, -0.2) is 0 Å². The van der Waals surface area contributed by atoms with E-state index >= 15 is 0 Å². The standard InChI is InChI=1S/C12H24N2O2S.ClH/c1-4-12(5-2,17-3)9-14-11(15)10-8-13-6-7-16-10;/h10,13H,4-9H2,1-3H3,(H,14,15);1H. The second kappa shape index (κ2) is 9.02. The van der Waals surface area contributed by atoms with Gasteiger partial charge in [0, 0.05) is 24.4 Å². The highest BCUT2D eigenvalue weighted by Gasteiger charge is 2.28. The lowest BCUT2D eigenvalue weighted by Crippen LogP contribution is -2.50. The molecular weight excluding hydrogens is 272 g/mol. The zero-order valence-electron chi connectivity index (χ0n) is 11.5. The van der Waals surface area contributed by atoms with Crippen molar-refractivity contribution in [3.8, 4) is 0 Å². The van der Waals surface area contributed by atoms with Gasteiger partial charge in [0.05, 0.1) is 6.61 Å². The zero-order chi connectivity index (χ0) is 12.7. The molecule has 6 heteroatoms. The number of rotatable bonds is 6. The monoisotopic (exact) mass is 296 g/mol. The molecule has 0 bridgehead atoms. The van der Waals surface area contributed by atoms with Crippen molar-refractivity contribution in [2.45, 2.75) is 37.5 Å². The molecule has 1 unspecified atom stereocenters. The lowest BCUT2D eigenvalue weighted by atomic mass is 10.0. The predicted molar refractivity (Wildman–Crippen MR) is 79.7 cm³/mol. The Hall–Kier alpha value is 0.0300. The van der Waals surface area contributed by atoms with E-state index in [9.17, 15) is 4.79 Å². The Labute approximate surface area is 120 Å². The molecule has 0 aliphatic carbocycles. The molecule has 108 valence electrons. The number of carbonyl (C=O) groups excluding carboxylic acids is 1. The largest absolute Gasteiger partial charge is 0.366 e. The summed E-state index contributed by atoms with van der Waals surface area (Å²) in [6.45, 7) is 7.14. The molecule has 1 aliphatic heterocycles. The first-order chi connectivity index (χ1) is 8.17. The molecule has 0 aromatic rings. The highest BCUT2D eigenvalue weighted by atomic mass is 35.5. The first kappa shape index (κ1) is 18.0. The van der Waals surface area contributed by atoms with Crippen LogP contribution in [0.1, 0.15) is 26.7 Å². The number of thioether (sulfide) groups is 1. The van der Waals surface area contributed by atoms with Crippen LogP contribution in [0.4, 0.5) is 0 Å². The molecule has 1 aliphatic rings. The highest BCUT2D eigenvalue weighted by Crippen LogP contribution is 2.29. The van der Waals surface area contributed by atoms with E-state index in [2.05, 4.69) is 30.7 Å². The van der Waals surface area contributed by atoms with Crippen molar-refractivity contribution in [1.29, 1.82) is 0 Å². The third-order valence-electron chi connectivity index (χ3n) is 3.53. The minimum Gasteiger partial charge on any atom is -0.366 e. The van der Waals surface area contributed by atoms with E-state index in [1.54, 1.807) is 0 Å². The van der Waals surface area contributed by atoms with E-state index in [-0.39, 0.29) is 29.2 Å². The van der Waals surface area contributed by atoms with Crippen LogP contribution in [0.25, 0.3) is 0 Å². The van der Waals surface area contributed by atoms with Crippen LogP contribution in [-0.2, 0) is 9.53 Å². The fourth-order valence-corrected chi connectivity index (χ4v) is 2.75. The van der Waals surface area contributed by atoms with Gasteiger partial charge in [-0.2, -0.15) is 11.8 Å². The Morgan fingerprint density at radius 1 is 1.50 bits per heavy atom. The Balaban J connectivity index is 0.00000289. The molecule has 2 N–H and O–H groups in total. The van der Waals surface area contributed by atoms with Crippen LogP contribution >= 0.6 is 24.2 Å². The molecule has 0 spiro atoms. The Kier molecular flexibility index (Phi) is 9.03. The number of carbonyl (C=O) groups is 1. The zero-order valence-corrected chi connectivity index (χ0v) is 13.1. The molecule has 0 saturated carbocycles. The van der Waals surface area contributed by atoms with E-state index in [0.717, 1.165) is 25.9 Å². The number of hydrogen-bond acceptors (Lipinski definition) is 4. The van der Waals surface area contributed by atoms with Gasteiger partial charge in [0.2, 0.25) is 0 Å². The maximum Gasteiger partial charge on any atom is 0.250 e. The summed E-state index contributed by atoms with van der Waals surface area (Å²) in [4.78, 5) is 11.9. The van der Waals surface area contributed by atoms with Crippen LogP contribution in [0.3, 0.4) is 0 Å². The molecule has 1 saturated heterocycles. The van der Waals surface area contributed by atoms with Gasteiger partial charge >= 0.3 is 0 Å². The molecule has 0 aromatic heterocycles. The third-order valence-corrected chi connectivity index (χ3v) is 5.11. The number of halogens is 1.